The lowest BCUT2D eigenvalue weighted by atomic mass is 9.95. The number of aliphatic imine (C=N–C) groups is 1. The molecule has 1 aliphatic carbocycles. The molecule has 1 saturated heterocycles. The standard InChI is InChI=1S/C19H35N5O3.HI/c1-3-20-18(21-14-17(25)22-15-8-6-5-7-9-15)23-16-10-12-24(13-11-16)19(26)27-4-2;/h15-16H,3-14H2,1-2H3,(H,22,25)(H2,20,21,23);1H. The van der Waals surface area contributed by atoms with E-state index in [9.17, 15) is 9.59 Å². The van der Waals surface area contributed by atoms with E-state index < -0.39 is 0 Å². The average Bonchev–Trinajstić information content (AvgIpc) is 2.68. The summed E-state index contributed by atoms with van der Waals surface area (Å²) < 4.78 is 5.05. The van der Waals surface area contributed by atoms with Crippen molar-refractivity contribution in [1.29, 1.82) is 0 Å². The van der Waals surface area contributed by atoms with Crippen molar-refractivity contribution in [3.63, 3.8) is 0 Å². The summed E-state index contributed by atoms with van der Waals surface area (Å²) in [4.78, 5) is 30.1. The lowest BCUT2D eigenvalue weighted by Crippen LogP contribution is -2.50. The molecule has 0 aromatic heterocycles. The fraction of sp³-hybridized carbons (Fsp3) is 0.842. The van der Waals surface area contributed by atoms with Crippen molar-refractivity contribution in [3.05, 3.63) is 0 Å². The van der Waals surface area contributed by atoms with Crippen molar-refractivity contribution in [2.75, 3.05) is 32.8 Å². The van der Waals surface area contributed by atoms with Crippen molar-refractivity contribution >= 4 is 41.9 Å². The van der Waals surface area contributed by atoms with E-state index in [2.05, 4.69) is 20.9 Å². The normalized spacial score (nSPS) is 18.8. The van der Waals surface area contributed by atoms with Gasteiger partial charge in [-0.1, -0.05) is 19.3 Å². The predicted octanol–water partition coefficient (Wildman–Crippen LogP) is 2.23. The molecule has 1 heterocycles. The molecule has 2 aliphatic rings. The number of halogens is 1. The second-order valence-corrected chi connectivity index (χ2v) is 7.20. The first-order valence-corrected chi connectivity index (χ1v) is 10.4. The Balaban J connectivity index is 0.00000392. The third kappa shape index (κ3) is 8.83. The Morgan fingerprint density at radius 2 is 1.64 bits per heavy atom. The molecule has 28 heavy (non-hydrogen) atoms. The summed E-state index contributed by atoms with van der Waals surface area (Å²) in [5.74, 6) is 0.641. The SMILES string of the molecule is CCNC(=NCC(=O)NC1CCCCC1)NC1CCN(C(=O)OCC)CC1.I. The third-order valence-corrected chi connectivity index (χ3v) is 5.06. The Morgan fingerprint density at radius 3 is 2.25 bits per heavy atom. The van der Waals surface area contributed by atoms with Gasteiger partial charge in [-0.05, 0) is 39.5 Å². The Bertz CT molecular complexity index is 504. The van der Waals surface area contributed by atoms with Crippen molar-refractivity contribution in [2.24, 2.45) is 4.99 Å². The molecule has 2 amide bonds. The van der Waals surface area contributed by atoms with Gasteiger partial charge in [0.15, 0.2) is 5.96 Å². The number of carbonyl (C=O) groups is 2. The highest BCUT2D eigenvalue weighted by atomic mass is 127. The number of nitrogens with zero attached hydrogens (tertiary/aromatic N) is 2. The van der Waals surface area contributed by atoms with Crippen LogP contribution < -0.4 is 16.0 Å². The van der Waals surface area contributed by atoms with E-state index >= 15 is 0 Å². The van der Waals surface area contributed by atoms with E-state index in [1.54, 1.807) is 4.90 Å². The summed E-state index contributed by atoms with van der Waals surface area (Å²) >= 11 is 0. The van der Waals surface area contributed by atoms with Crippen molar-refractivity contribution in [2.45, 2.75) is 70.9 Å². The van der Waals surface area contributed by atoms with Crippen LogP contribution >= 0.6 is 24.0 Å². The van der Waals surface area contributed by atoms with Gasteiger partial charge in [-0.3, -0.25) is 4.79 Å². The predicted molar refractivity (Wildman–Crippen MR) is 121 cm³/mol. The van der Waals surface area contributed by atoms with Gasteiger partial charge in [0.1, 0.15) is 6.54 Å². The number of guanidine groups is 1. The van der Waals surface area contributed by atoms with Crippen LogP contribution in [0, 0.1) is 0 Å². The maximum atomic E-state index is 12.2. The average molecular weight is 509 g/mol. The summed E-state index contributed by atoms with van der Waals surface area (Å²) in [6, 6.07) is 0.541. The van der Waals surface area contributed by atoms with Crippen LogP contribution in [0.2, 0.25) is 0 Å². The third-order valence-electron chi connectivity index (χ3n) is 5.06. The van der Waals surface area contributed by atoms with Crippen LogP contribution in [-0.4, -0.2) is 67.7 Å². The summed E-state index contributed by atoms with van der Waals surface area (Å²) in [5.41, 5.74) is 0. The first kappa shape index (κ1) is 24.8. The van der Waals surface area contributed by atoms with Crippen LogP contribution in [0.4, 0.5) is 4.79 Å². The highest BCUT2D eigenvalue weighted by molar-refractivity contribution is 14.0. The number of hydrogen-bond donors (Lipinski definition) is 3. The van der Waals surface area contributed by atoms with E-state index in [0.29, 0.717) is 31.7 Å². The van der Waals surface area contributed by atoms with Crippen LogP contribution in [0.25, 0.3) is 0 Å². The molecule has 0 atom stereocenters. The molecular weight excluding hydrogens is 473 g/mol. The molecule has 0 spiro atoms. The second-order valence-electron chi connectivity index (χ2n) is 7.20. The van der Waals surface area contributed by atoms with Gasteiger partial charge in [0.2, 0.25) is 5.91 Å². The molecule has 162 valence electrons. The maximum absolute atomic E-state index is 12.2. The van der Waals surface area contributed by atoms with E-state index in [-0.39, 0.29) is 48.6 Å². The van der Waals surface area contributed by atoms with Gasteiger partial charge in [0.05, 0.1) is 6.61 Å². The highest BCUT2D eigenvalue weighted by Gasteiger charge is 2.24. The van der Waals surface area contributed by atoms with Gasteiger partial charge < -0.3 is 25.6 Å². The van der Waals surface area contributed by atoms with Gasteiger partial charge in [0, 0.05) is 31.7 Å². The van der Waals surface area contributed by atoms with Crippen LogP contribution in [0.1, 0.15) is 58.8 Å². The number of nitrogens with one attached hydrogen (secondary N) is 3. The molecule has 1 saturated carbocycles. The summed E-state index contributed by atoms with van der Waals surface area (Å²) in [7, 11) is 0. The monoisotopic (exact) mass is 509 g/mol. The fourth-order valence-corrected chi connectivity index (χ4v) is 3.61. The number of ether oxygens (including phenoxy) is 1. The zero-order chi connectivity index (χ0) is 19.5. The van der Waals surface area contributed by atoms with E-state index in [1.165, 1.54) is 19.3 Å². The Labute approximate surface area is 185 Å². The van der Waals surface area contributed by atoms with Gasteiger partial charge >= 0.3 is 6.09 Å². The topological polar surface area (TPSA) is 95.1 Å². The van der Waals surface area contributed by atoms with Crippen LogP contribution in [0.5, 0.6) is 0 Å². The smallest absolute Gasteiger partial charge is 0.409 e. The van der Waals surface area contributed by atoms with Crippen LogP contribution in [0.15, 0.2) is 4.99 Å². The zero-order valence-electron chi connectivity index (χ0n) is 17.2. The van der Waals surface area contributed by atoms with Crippen LogP contribution in [0.3, 0.4) is 0 Å². The summed E-state index contributed by atoms with van der Waals surface area (Å²) in [6.45, 7) is 6.41. The summed E-state index contributed by atoms with van der Waals surface area (Å²) in [6.07, 6.45) is 7.24. The quantitative estimate of drug-likeness (QED) is 0.290. The zero-order valence-corrected chi connectivity index (χ0v) is 19.5. The number of hydrogen-bond acceptors (Lipinski definition) is 4. The Hall–Kier alpha value is -1.26. The molecule has 0 radical (unpaired) electrons. The molecule has 1 aliphatic heterocycles. The highest BCUT2D eigenvalue weighted by Crippen LogP contribution is 2.17. The van der Waals surface area contributed by atoms with Gasteiger partial charge in [0.25, 0.3) is 0 Å². The fourth-order valence-electron chi connectivity index (χ4n) is 3.61. The largest absolute Gasteiger partial charge is 0.450 e. The van der Waals surface area contributed by atoms with Crippen molar-refractivity contribution in [1.82, 2.24) is 20.9 Å². The van der Waals surface area contributed by atoms with Crippen molar-refractivity contribution in [3.8, 4) is 0 Å². The van der Waals surface area contributed by atoms with E-state index in [4.69, 9.17) is 4.74 Å². The van der Waals surface area contributed by atoms with Crippen molar-refractivity contribution < 1.29 is 14.3 Å². The lowest BCUT2D eigenvalue weighted by molar-refractivity contribution is -0.120. The molecule has 2 rings (SSSR count). The maximum Gasteiger partial charge on any atom is 0.409 e. The first-order chi connectivity index (χ1) is 13.1. The molecule has 0 aromatic carbocycles. The number of amides is 2. The van der Waals surface area contributed by atoms with Gasteiger partial charge in [-0.25, -0.2) is 9.79 Å². The molecule has 2 fully saturated rings. The molecule has 9 heteroatoms. The molecule has 0 aromatic rings. The van der Waals surface area contributed by atoms with E-state index in [1.807, 2.05) is 13.8 Å². The number of carbonyl (C=O) groups excluding carboxylic acids is 2. The number of rotatable bonds is 6. The minimum Gasteiger partial charge on any atom is -0.450 e. The number of piperidine rings is 1. The number of likely N-dealkylation sites (tertiary alicyclic amines) is 1. The lowest BCUT2D eigenvalue weighted by Gasteiger charge is -2.32. The molecule has 0 bridgehead atoms. The second kappa shape index (κ2) is 13.8. The minimum absolute atomic E-state index is 0. The molecule has 8 nitrogen and oxygen atoms in total. The van der Waals surface area contributed by atoms with E-state index in [0.717, 1.165) is 32.2 Å². The molecule has 3 N–H and O–H groups in total. The van der Waals surface area contributed by atoms with Crippen LogP contribution in [-0.2, 0) is 9.53 Å². The molecular formula is C19H36IN5O3. The van der Waals surface area contributed by atoms with Gasteiger partial charge in [-0.15, -0.1) is 24.0 Å². The minimum atomic E-state index is -0.240. The Morgan fingerprint density at radius 1 is 1.00 bits per heavy atom. The van der Waals surface area contributed by atoms with Gasteiger partial charge in [-0.2, -0.15) is 0 Å². The first-order valence-electron chi connectivity index (χ1n) is 10.4. The molecule has 0 unspecified atom stereocenters. The Kier molecular flexibility index (Phi) is 12.2. The summed E-state index contributed by atoms with van der Waals surface area (Å²) in [5, 5.41) is 9.67.